The van der Waals surface area contributed by atoms with Crippen molar-refractivity contribution in [2.45, 2.75) is 63.9 Å². The Kier molecular flexibility index (Phi) is 9.82. The Morgan fingerprint density at radius 3 is 1.84 bits per heavy atom. The highest BCUT2D eigenvalue weighted by molar-refractivity contribution is 5.63. The zero-order valence-corrected chi connectivity index (χ0v) is 21.3. The molecule has 0 bridgehead atoms. The first-order valence-electron chi connectivity index (χ1n) is 12.5. The van der Waals surface area contributed by atoms with E-state index in [0.29, 0.717) is 19.8 Å². The van der Waals surface area contributed by atoms with Crippen LogP contribution in [0.15, 0.2) is 96.2 Å². The number of aliphatic hydroxyl groups excluding tert-OH is 1. The summed E-state index contributed by atoms with van der Waals surface area (Å²) in [5, 5.41) is 14.3. The second-order valence-corrected chi connectivity index (χ2v) is 9.36. The summed E-state index contributed by atoms with van der Waals surface area (Å²) in [4.78, 5) is 5.58. The molecule has 37 heavy (non-hydrogen) atoms. The molecule has 7 nitrogen and oxygen atoms in total. The molecule has 1 aliphatic rings. The number of aliphatic hydroxyl groups is 1. The number of benzene rings is 3. The third-order valence-electron chi connectivity index (χ3n) is 5.98. The Balaban J connectivity index is 1.55. The molecule has 1 aliphatic heterocycles. The number of ether oxygens (including phenoxy) is 4. The molecule has 0 amide bonds. The second kappa shape index (κ2) is 13.5. The zero-order chi connectivity index (χ0) is 25.9. The predicted molar refractivity (Wildman–Crippen MR) is 141 cm³/mol. The van der Waals surface area contributed by atoms with Crippen LogP contribution < -0.4 is 0 Å². The summed E-state index contributed by atoms with van der Waals surface area (Å²) in [6.45, 7) is 4.41. The van der Waals surface area contributed by atoms with Crippen LogP contribution in [-0.2, 0) is 43.6 Å². The van der Waals surface area contributed by atoms with Gasteiger partial charge in [-0.05, 0) is 30.5 Å². The Morgan fingerprint density at radius 2 is 1.30 bits per heavy atom. The molecule has 4 atom stereocenters. The zero-order valence-electron chi connectivity index (χ0n) is 21.3. The molecule has 0 aliphatic carbocycles. The van der Waals surface area contributed by atoms with Gasteiger partial charge in [-0.15, -0.1) is 0 Å². The molecule has 3 aromatic rings. The quantitative estimate of drug-likeness (QED) is 0.264. The summed E-state index contributed by atoms with van der Waals surface area (Å²) < 4.78 is 24.9. The van der Waals surface area contributed by atoms with Gasteiger partial charge in [0.2, 0.25) is 0 Å². The van der Waals surface area contributed by atoms with Crippen molar-refractivity contribution in [1.82, 2.24) is 0 Å². The molecule has 0 radical (unpaired) electrons. The number of nitrogens with zero attached hydrogens (tertiary/aromatic N) is 1. The number of hydrogen-bond donors (Lipinski definition) is 1. The summed E-state index contributed by atoms with van der Waals surface area (Å²) in [5.74, 6) is -0.878. The van der Waals surface area contributed by atoms with Crippen LogP contribution in [0.1, 0.15) is 30.5 Å². The van der Waals surface area contributed by atoms with Crippen molar-refractivity contribution in [1.29, 1.82) is 0 Å². The number of rotatable bonds is 13. The average molecular weight is 506 g/mol. The van der Waals surface area contributed by atoms with E-state index in [1.807, 2.05) is 105 Å². The first-order valence-corrected chi connectivity index (χ1v) is 12.5. The van der Waals surface area contributed by atoms with Gasteiger partial charge in [0, 0.05) is 0 Å². The maximum absolute atomic E-state index is 10.1. The van der Waals surface area contributed by atoms with Crippen molar-refractivity contribution in [3.8, 4) is 0 Å². The van der Waals surface area contributed by atoms with Crippen LogP contribution in [0, 0.1) is 0 Å². The van der Waals surface area contributed by atoms with Gasteiger partial charge in [0.1, 0.15) is 31.0 Å². The summed E-state index contributed by atoms with van der Waals surface area (Å²) >= 11 is 0. The normalized spacial score (nSPS) is 20.6. The fourth-order valence-electron chi connectivity index (χ4n) is 4.20. The van der Waals surface area contributed by atoms with Gasteiger partial charge in [-0.3, -0.25) is 0 Å². The largest absolute Gasteiger partial charge is 0.394 e. The Bertz CT molecular complexity index is 1080. The lowest BCUT2D eigenvalue weighted by Gasteiger charge is -2.31. The second-order valence-electron chi connectivity index (χ2n) is 9.36. The lowest BCUT2D eigenvalue weighted by Crippen LogP contribution is -2.48. The van der Waals surface area contributed by atoms with Crippen LogP contribution in [0.3, 0.4) is 0 Å². The monoisotopic (exact) mass is 505 g/mol. The molecule has 1 N–H and O–H groups in total. The third-order valence-corrected chi connectivity index (χ3v) is 5.98. The Morgan fingerprint density at radius 1 is 0.784 bits per heavy atom. The molecule has 1 heterocycles. The van der Waals surface area contributed by atoms with E-state index in [1.54, 1.807) is 6.21 Å². The molecular weight excluding hydrogens is 470 g/mol. The van der Waals surface area contributed by atoms with Crippen molar-refractivity contribution in [2.24, 2.45) is 5.16 Å². The summed E-state index contributed by atoms with van der Waals surface area (Å²) in [6.07, 6.45) is -0.851. The first-order chi connectivity index (χ1) is 18.0. The molecule has 4 rings (SSSR count). The van der Waals surface area contributed by atoms with Gasteiger partial charge in [0.15, 0.2) is 5.79 Å². The molecule has 0 saturated carbocycles. The molecule has 0 aromatic heterocycles. The van der Waals surface area contributed by atoms with E-state index in [-0.39, 0.29) is 6.61 Å². The minimum atomic E-state index is -0.878. The highest BCUT2D eigenvalue weighted by Gasteiger charge is 2.48. The SMILES string of the molecule is CC1(C)O[C@@H]([C@H](OCc2ccccc2)[C@H](/C=N/OCc2ccccc2)OCc2ccccc2)[C@@H](CO)O1. The van der Waals surface area contributed by atoms with Gasteiger partial charge in [0.25, 0.3) is 0 Å². The van der Waals surface area contributed by atoms with Gasteiger partial charge in [-0.2, -0.15) is 0 Å². The summed E-state index contributed by atoms with van der Waals surface area (Å²) in [6, 6.07) is 29.6. The summed E-state index contributed by atoms with van der Waals surface area (Å²) in [5.41, 5.74) is 3.02. The van der Waals surface area contributed by atoms with E-state index in [0.717, 1.165) is 16.7 Å². The molecule has 196 valence electrons. The fraction of sp³-hybridized carbons (Fsp3) is 0.367. The van der Waals surface area contributed by atoms with E-state index >= 15 is 0 Å². The van der Waals surface area contributed by atoms with Crippen LogP contribution in [0.4, 0.5) is 0 Å². The fourth-order valence-corrected chi connectivity index (χ4v) is 4.20. The minimum absolute atomic E-state index is 0.216. The standard InChI is InChI=1S/C30H35NO6/c1-30(2)36-27(19-32)29(37-30)28(34-21-24-14-8-4-9-15-24)26(33-20-23-12-6-3-7-13-23)18-31-35-22-25-16-10-5-11-17-25/h3-18,26-29,32H,19-22H2,1-2H3/b31-18+/t26-,27+,28+,29+/m0/s1. The predicted octanol–water partition coefficient (Wildman–Crippen LogP) is 4.87. The molecular formula is C30H35NO6. The molecule has 0 unspecified atom stereocenters. The van der Waals surface area contributed by atoms with Gasteiger partial charge >= 0.3 is 0 Å². The van der Waals surface area contributed by atoms with Crippen molar-refractivity contribution < 1.29 is 28.9 Å². The van der Waals surface area contributed by atoms with Crippen molar-refractivity contribution in [3.63, 3.8) is 0 Å². The molecule has 0 spiro atoms. The molecule has 3 aromatic carbocycles. The van der Waals surface area contributed by atoms with Gasteiger partial charge in [0.05, 0.1) is 26.0 Å². The Labute approximate surface area is 218 Å². The van der Waals surface area contributed by atoms with Crippen LogP contribution in [-0.4, -0.2) is 48.1 Å². The molecule has 7 heteroatoms. The smallest absolute Gasteiger partial charge is 0.164 e. The Hall–Kier alpha value is -3.07. The van der Waals surface area contributed by atoms with Crippen molar-refractivity contribution >= 4 is 6.21 Å². The summed E-state index contributed by atoms with van der Waals surface area (Å²) in [7, 11) is 0. The van der Waals surface area contributed by atoms with E-state index in [1.165, 1.54) is 0 Å². The van der Waals surface area contributed by atoms with Crippen LogP contribution in [0.5, 0.6) is 0 Å². The van der Waals surface area contributed by atoms with Gasteiger partial charge in [-0.1, -0.05) is 96.2 Å². The van der Waals surface area contributed by atoms with Crippen LogP contribution in [0.2, 0.25) is 0 Å². The maximum Gasteiger partial charge on any atom is 0.164 e. The van der Waals surface area contributed by atoms with Crippen molar-refractivity contribution in [2.75, 3.05) is 6.61 Å². The van der Waals surface area contributed by atoms with E-state index in [4.69, 9.17) is 23.8 Å². The molecule has 1 fully saturated rings. The lowest BCUT2D eigenvalue weighted by molar-refractivity contribution is -0.172. The third kappa shape index (κ3) is 8.21. The number of oxime groups is 1. The van der Waals surface area contributed by atoms with E-state index in [9.17, 15) is 5.11 Å². The van der Waals surface area contributed by atoms with Crippen LogP contribution >= 0.6 is 0 Å². The first kappa shape index (κ1) is 27.0. The maximum atomic E-state index is 10.1. The highest BCUT2D eigenvalue weighted by Crippen LogP contribution is 2.33. The van der Waals surface area contributed by atoms with Crippen molar-refractivity contribution in [3.05, 3.63) is 108 Å². The van der Waals surface area contributed by atoms with Gasteiger partial charge < -0.3 is 28.9 Å². The lowest BCUT2D eigenvalue weighted by atomic mass is 10.0. The van der Waals surface area contributed by atoms with E-state index < -0.39 is 30.2 Å². The average Bonchev–Trinajstić information content (AvgIpc) is 3.25. The van der Waals surface area contributed by atoms with E-state index in [2.05, 4.69) is 5.16 Å². The topological polar surface area (TPSA) is 78.7 Å². The minimum Gasteiger partial charge on any atom is -0.394 e. The van der Waals surface area contributed by atoms with Crippen LogP contribution in [0.25, 0.3) is 0 Å². The highest BCUT2D eigenvalue weighted by atomic mass is 16.8. The van der Waals surface area contributed by atoms with Gasteiger partial charge in [-0.25, -0.2) is 0 Å². The number of hydrogen-bond acceptors (Lipinski definition) is 7. The molecule has 1 saturated heterocycles.